The highest BCUT2D eigenvalue weighted by atomic mass is 79.9. The summed E-state index contributed by atoms with van der Waals surface area (Å²) >= 11 is 4.02. The van der Waals surface area contributed by atoms with Crippen LogP contribution in [0.15, 0.2) is 12.2 Å². The van der Waals surface area contributed by atoms with Gasteiger partial charge < -0.3 is 9.29 Å². The van der Waals surface area contributed by atoms with Crippen molar-refractivity contribution in [3.05, 3.63) is 12.2 Å². The van der Waals surface area contributed by atoms with Crippen molar-refractivity contribution in [2.24, 2.45) is 0 Å². The van der Waals surface area contributed by atoms with Gasteiger partial charge in [-0.25, -0.2) is 4.79 Å². The lowest BCUT2D eigenvalue weighted by Gasteiger charge is -2.05. The number of hydrogen-bond acceptors (Lipinski definition) is 4. The first kappa shape index (κ1) is 12.0. The molecule has 0 fully saturated rings. The molecule has 0 aliphatic heterocycles. The Morgan fingerprint density at radius 3 is 2.83 bits per heavy atom. The molecule has 70 valence electrons. The summed E-state index contributed by atoms with van der Waals surface area (Å²) in [5, 5.41) is 9.50. The fourth-order valence-electron chi connectivity index (χ4n) is 0.282. The Labute approximate surface area is 84.5 Å². The van der Waals surface area contributed by atoms with E-state index in [1.54, 1.807) is 6.92 Å². The van der Waals surface area contributed by atoms with E-state index >= 15 is 0 Å². The molecule has 0 aromatic heterocycles. The molecule has 0 aliphatic carbocycles. The van der Waals surface area contributed by atoms with Crippen molar-refractivity contribution in [1.29, 1.82) is 0 Å². The summed E-state index contributed by atoms with van der Waals surface area (Å²) in [4.78, 5) is 10.8. The minimum absolute atomic E-state index is 0.357. The summed E-state index contributed by atoms with van der Waals surface area (Å²) in [6.07, 6.45) is -0.493. The van der Waals surface area contributed by atoms with Crippen molar-refractivity contribution in [2.75, 3.05) is 11.1 Å². The van der Waals surface area contributed by atoms with Gasteiger partial charge in [0.2, 0.25) is 0 Å². The van der Waals surface area contributed by atoms with Crippen LogP contribution in [0.1, 0.15) is 6.92 Å². The summed E-state index contributed by atoms with van der Waals surface area (Å²) in [5.74, 6) is -0.0775. The van der Waals surface area contributed by atoms with Gasteiger partial charge in [-0.15, -0.1) is 0 Å². The topological polar surface area (TPSA) is 46.5 Å². The van der Waals surface area contributed by atoms with Crippen LogP contribution in [0.5, 0.6) is 0 Å². The highest BCUT2D eigenvalue weighted by Crippen LogP contribution is 2.09. The van der Waals surface area contributed by atoms with Gasteiger partial charge in [-0.3, -0.25) is 0 Å². The molecule has 0 saturated heterocycles. The zero-order valence-electron chi connectivity index (χ0n) is 6.75. The third-order valence-corrected chi connectivity index (χ3v) is 2.46. The van der Waals surface area contributed by atoms with Gasteiger partial charge >= 0.3 is 5.97 Å². The molecule has 0 aromatic carbocycles. The smallest absolute Gasteiger partial charge is 0.345 e. The Morgan fingerprint density at radius 2 is 2.42 bits per heavy atom. The standard InChI is InChI=1S/C7H11BrO3S/c1-5(2)7(10)11-12-4-6(9)3-8/h6,9H,1,3-4H2,2H3. The molecular weight excluding hydrogens is 244 g/mol. The first-order valence-corrected chi connectivity index (χ1v) is 5.34. The van der Waals surface area contributed by atoms with E-state index in [0.29, 0.717) is 16.7 Å². The third kappa shape index (κ3) is 5.62. The normalized spacial score (nSPS) is 12.2. The highest BCUT2D eigenvalue weighted by Gasteiger charge is 2.06. The quantitative estimate of drug-likeness (QED) is 0.459. The van der Waals surface area contributed by atoms with Crippen LogP contribution in [-0.2, 0) is 8.98 Å². The van der Waals surface area contributed by atoms with E-state index in [1.807, 2.05) is 0 Å². The van der Waals surface area contributed by atoms with Crippen LogP contribution >= 0.6 is 28.0 Å². The first-order valence-electron chi connectivity index (χ1n) is 3.31. The van der Waals surface area contributed by atoms with E-state index < -0.39 is 12.1 Å². The molecule has 0 radical (unpaired) electrons. The lowest BCUT2D eigenvalue weighted by Crippen LogP contribution is -2.12. The van der Waals surface area contributed by atoms with Gasteiger partial charge in [0.1, 0.15) is 0 Å². The number of alkyl halides is 1. The molecule has 1 atom stereocenters. The maximum Gasteiger partial charge on any atom is 0.345 e. The maximum absolute atomic E-state index is 10.8. The number of rotatable bonds is 5. The predicted molar refractivity (Wildman–Crippen MR) is 53.2 cm³/mol. The Bertz CT molecular complexity index is 172. The number of aliphatic hydroxyl groups excluding tert-OH is 1. The molecular formula is C7H11BrO3S. The average Bonchev–Trinajstić information content (AvgIpc) is 2.03. The summed E-state index contributed by atoms with van der Waals surface area (Å²) in [6, 6.07) is 0. The zero-order valence-corrected chi connectivity index (χ0v) is 9.15. The second-order valence-corrected chi connectivity index (χ2v) is 3.63. The van der Waals surface area contributed by atoms with Gasteiger partial charge in [-0.1, -0.05) is 22.5 Å². The Kier molecular flexibility index (Phi) is 6.51. The number of aliphatic hydroxyl groups is 1. The molecule has 1 unspecified atom stereocenters. The second kappa shape index (κ2) is 6.51. The van der Waals surface area contributed by atoms with Crippen LogP contribution in [-0.4, -0.2) is 28.3 Å². The third-order valence-electron chi connectivity index (χ3n) is 0.922. The lowest BCUT2D eigenvalue weighted by atomic mass is 10.4. The molecule has 0 aromatic rings. The molecule has 0 amide bonds. The van der Waals surface area contributed by atoms with Crippen molar-refractivity contribution in [1.82, 2.24) is 0 Å². The van der Waals surface area contributed by atoms with Crippen molar-refractivity contribution < 1.29 is 14.1 Å². The van der Waals surface area contributed by atoms with E-state index in [4.69, 9.17) is 5.11 Å². The summed E-state index contributed by atoms with van der Waals surface area (Å²) in [5.41, 5.74) is 0.357. The Balaban J connectivity index is 3.44. The maximum atomic E-state index is 10.8. The zero-order chi connectivity index (χ0) is 9.56. The molecule has 1 N–H and O–H groups in total. The average molecular weight is 255 g/mol. The van der Waals surface area contributed by atoms with Gasteiger partial charge in [-0.2, -0.15) is 0 Å². The molecule has 0 bridgehead atoms. The van der Waals surface area contributed by atoms with Crippen molar-refractivity contribution in [3.8, 4) is 0 Å². The monoisotopic (exact) mass is 254 g/mol. The second-order valence-electron chi connectivity index (χ2n) is 2.24. The molecule has 5 heteroatoms. The fraction of sp³-hybridized carbons (Fsp3) is 0.571. The van der Waals surface area contributed by atoms with E-state index in [0.717, 1.165) is 12.0 Å². The van der Waals surface area contributed by atoms with Gasteiger partial charge in [0.25, 0.3) is 0 Å². The molecule has 0 rings (SSSR count). The molecule has 3 nitrogen and oxygen atoms in total. The highest BCUT2D eigenvalue weighted by molar-refractivity contribution is 9.09. The molecule has 0 saturated carbocycles. The van der Waals surface area contributed by atoms with Crippen LogP contribution in [0, 0.1) is 0 Å². The molecule has 0 aliphatic rings. The largest absolute Gasteiger partial charge is 0.391 e. The van der Waals surface area contributed by atoms with Crippen LogP contribution in [0.25, 0.3) is 0 Å². The van der Waals surface area contributed by atoms with Crippen LogP contribution in [0.4, 0.5) is 0 Å². The summed E-state index contributed by atoms with van der Waals surface area (Å²) < 4.78 is 4.67. The van der Waals surface area contributed by atoms with Crippen molar-refractivity contribution >= 4 is 33.9 Å². The number of carbonyl (C=O) groups is 1. The van der Waals surface area contributed by atoms with Gasteiger partial charge in [-0.05, 0) is 6.92 Å². The van der Waals surface area contributed by atoms with E-state index in [9.17, 15) is 4.79 Å². The summed E-state index contributed by atoms with van der Waals surface area (Å²) in [7, 11) is 0. The first-order chi connectivity index (χ1) is 5.57. The van der Waals surface area contributed by atoms with E-state index in [-0.39, 0.29) is 0 Å². The van der Waals surface area contributed by atoms with Crippen molar-refractivity contribution in [2.45, 2.75) is 13.0 Å². The Morgan fingerprint density at radius 1 is 1.83 bits per heavy atom. The van der Waals surface area contributed by atoms with Gasteiger partial charge in [0, 0.05) is 10.9 Å². The number of halogens is 1. The molecule has 12 heavy (non-hydrogen) atoms. The van der Waals surface area contributed by atoms with Crippen LogP contribution in [0.2, 0.25) is 0 Å². The lowest BCUT2D eigenvalue weighted by molar-refractivity contribution is -0.128. The number of carbonyl (C=O) groups excluding carboxylic acids is 1. The van der Waals surface area contributed by atoms with Crippen molar-refractivity contribution in [3.63, 3.8) is 0 Å². The van der Waals surface area contributed by atoms with Gasteiger partial charge in [0.15, 0.2) is 0 Å². The van der Waals surface area contributed by atoms with E-state index in [2.05, 4.69) is 26.7 Å². The minimum atomic E-state index is -0.493. The van der Waals surface area contributed by atoms with Gasteiger partial charge in [0.05, 0.1) is 23.9 Å². The predicted octanol–water partition coefficient (Wildman–Crippen LogP) is 1.51. The van der Waals surface area contributed by atoms with Crippen LogP contribution in [0.3, 0.4) is 0 Å². The number of hydrogen-bond donors (Lipinski definition) is 1. The molecule has 0 heterocycles. The fourth-order valence-corrected chi connectivity index (χ4v) is 1.41. The summed E-state index contributed by atoms with van der Waals surface area (Å²) in [6.45, 7) is 4.99. The Hall–Kier alpha value is -0.0000000000000000555. The van der Waals surface area contributed by atoms with Crippen LogP contribution < -0.4 is 0 Å². The SMILES string of the molecule is C=C(C)C(=O)OSCC(O)CBr. The van der Waals surface area contributed by atoms with E-state index in [1.165, 1.54) is 0 Å². The molecule has 0 spiro atoms. The minimum Gasteiger partial charge on any atom is -0.391 e.